The Morgan fingerprint density at radius 2 is 2.24 bits per heavy atom. The first-order valence-corrected chi connectivity index (χ1v) is 5.38. The van der Waals surface area contributed by atoms with Gasteiger partial charge in [-0.1, -0.05) is 0 Å². The van der Waals surface area contributed by atoms with E-state index in [1.54, 1.807) is 4.52 Å². The zero-order valence-electron chi connectivity index (χ0n) is 9.42. The number of pyridine rings is 1. The van der Waals surface area contributed by atoms with Gasteiger partial charge in [-0.3, -0.25) is 0 Å². The maximum atomic E-state index is 5.59. The number of fused-ring (bicyclic) bond motifs is 1. The predicted octanol–water partition coefficient (Wildman–Crippen LogP) is 1.76. The summed E-state index contributed by atoms with van der Waals surface area (Å²) in [6.07, 6.45) is 1.85. The predicted molar refractivity (Wildman–Crippen MR) is 63.3 cm³/mol. The molecule has 0 aliphatic rings. The van der Waals surface area contributed by atoms with Crippen molar-refractivity contribution in [1.29, 1.82) is 0 Å². The van der Waals surface area contributed by atoms with E-state index in [9.17, 15) is 0 Å². The van der Waals surface area contributed by atoms with Crippen LogP contribution in [0.2, 0.25) is 0 Å². The van der Waals surface area contributed by atoms with Gasteiger partial charge in [0, 0.05) is 12.7 Å². The molecule has 0 atom stereocenters. The Morgan fingerprint density at radius 3 is 2.94 bits per heavy atom. The van der Waals surface area contributed by atoms with Crippen LogP contribution < -0.4 is 5.73 Å². The van der Waals surface area contributed by atoms with Gasteiger partial charge in [-0.15, -0.1) is 5.10 Å². The van der Waals surface area contributed by atoms with E-state index in [2.05, 4.69) is 10.1 Å². The fraction of sp³-hybridized carbons (Fsp3) is 0.167. The van der Waals surface area contributed by atoms with Gasteiger partial charge in [0.05, 0.1) is 0 Å². The van der Waals surface area contributed by atoms with Crippen LogP contribution in [0.4, 0.5) is 0 Å². The molecule has 5 heteroatoms. The summed E-state index contributed by atoms with van der Waals surface area (Å²) < 4.78 is 7.21. The fourth-order valence-corrected chi connectivity index (χ4v) is 1.71. The second kappa shape index (κ2) is 3.71. The average Bonchev–Trinajstić information content (AvgIpc) is 2.93. The molecule has 0 saturated heterocycles. The quantitative estimate of drug-likeness (QED) is 0.725. The summed E-state index contributed by atoms with van der Waals surface area (Å²) in [5.74, 6) is 2.12. The highest BCUT2D eigenvalue weighted by atomic mass is 16.3. The van der Waals surface area contributed by atoms with Crippen LogP contribution in [0, 0.1) is 6.92 Å². The van der Waals surface area contributed by atoms with Crippen LogP contribution in [0.5, 0.6) is 0 Å². The molecule has 0 fully saturated rings. The first-order valence-electron chi connectivity index (χ1n) is 5.38. The van der Waals surface area contributed by atoms with Crippen molar-refractivity contribution in [2.45, 2.75) is 13.5 Å². The lowest BCUT2D eigenvalue weighted by Gasteiger charge is -1.94. The molecule has 0 amide bonds. The van der Waals surface area contributed by atoms with E-state index in [-0.39, 0.29) is 0 Å². The number of furan rings is 1. The van der Waals surface area contributed by atoms with Crippen LogP contribution in [0.3, 0.4) is 0 Å². The molecule has 0 spiro atoms. The lowest BCUT2D eigenvalue weighted by atomic mass is 10.3. The molecule has 86 valence electrons. The van der Waals surface area contributed by atoms with E-state index in [0.29, 0.717) is 18.1 Å². The van der Waals surface area contributed by atoms with Crippen LogP contribution in [0.15, 0.2) is 34.9 Å². The van der Waals surface area contributed by atoms with Crippen molar-refractivity contribution in [3.63, 3.8) is 0 Å². The highest BCUT2D eigenvalue weighted by Gasteiger charge is 2.09. The van der Waals surface area contributed by atoms with E-state index in [1.165, 1.54) is 0 Å². The highest BCUT2D eigenvalue weighted by molar-refractivity contribution is 5.53. The topological polar surface area (TPSA) is 69.3 Å². The molecule has 3 heterocycles. The third-order valence-corrected chi connectivity index (χ3v) is 2.60. The summed E-state index contributed by atoms with van der Waals surface area (Å²) in [6.45, 7) is 2.39. The number of nitrogens with zero attached hydrogens (tertiary/aromatic N) is 3. The summed E-state index contributed by atoms with van der Waals surface area (Å²) >= 11 is 0. The summed E-state index contributed by atoms with van der Waals surface area (Å²) in [6, 6.07) is 7.62. The smallest absolute Gasteiger partial charge is 0.217 e. The Hall–Kier alpha value is -2.14. The second-order valence-electron chi connectivity index (χ2n) is 3.89. The molecule has 0 bridgehead atoms. The Kier molecular flexibility index (Phi) is 2.19. The van der Waals surface area contributed by atoms with E-state index >= 15 is 0 Å². The summed E-state index contributed by atoms with van der Waals surface area (Å²) in [4.78, 5) is 4.41. The van der Waals surface area contributed by atoms with Gasteiger partial charge in [-0.2, -0.15) is 0 Å². The lowest BCUT2D eigenvalue weighted by Crippen LogP contribution is -1.97. The third kappa shape index (κ3) is 1.70. The monoisotopic (exact) mass is 228 g/mol. The Morgan fingerprint density at radius 1 is 1.35 bits per heavy atom. The molecular weight excluding hydrogens is 216 g/mol. The SMILES string of the molecule is Cc1ccc(-c2nc3cc(CN)ccn3n2)o1. The maximum absolute atomic E-state index is 5.59. The lowest BCUT2D eigenvalue weighted by molar-refractivity contribution is 0.544. The first kappa shape index (κ1) is 10.0. The molecule has 0 radical (unpaired) electrons. The van der Waals surface area contributed by atoms with Gasteiger partial charge in [0.25, 0.3) is 0 Å². The fourth-order valence-electron chi connectivity index (χ4n) is 1.71. The van der Waals surface area contributed by atoms with Crippen LogP contribution in [-0.4, -0.2) is 14.6 Å². The number of rotatable bonds is 2. The average molecular weight is 228 g/mol. The molecule has 0 aliphatic carbocycles. The second-order valence-corrected chi connectivity index (χ2v) is 3.89. The minimum atomic E-state index is 0.499. The first-order chi connectivity index (χ1) is 8.26. The van der Waals surface area contributed by atoms with Crippen molar-refractivity contribution in [3.8, 4) is 11.6 Å². The summed E-state index contributed by atoms with van der Waals surface area (Å²) in [7, 11) is 0. The molecule has 0 saturated carbocycles. The van der Waals surface area contributed by atoms with E-state index in [4.69, 9.17) is 10.2 Å². The minimum Gasteiger partial charge on any atom is -0.458 e. The third-order valence-electron chi connectivity index (χ3n) is 2.60. The van der Waals surface area contributed by atoms with Crippen molar-refractivity contribution in [2.75, 3.05) is 0 Å². The standard InChI is InChI=1S/C12H12N4O/c1-8-2-3-10(17-8)12-14-11-6-9(7-13)4-5-16(11)15-12/h2-6H,7,13H2,1H3. The van der Waals surface area contributed by atoms with Crippen LogP contribution in [-0.2, 0) is 6.54 Å². The molecular formula is C12H12N4O. The Balaban J connectivity index is 2.13. The minimum absolute atomic E-state index is 0.499. The number of nitrogens with two attached hydrogens (primary N) is 1. The van der Waals surface area contributed by atoms with Gasteiger partial charge < -0.3 is 10.2 Å². The van der Waals surface area contributed by atoms with Crippen molar-refractivity contribution in [3.05, 3.63) is 41.8 Å². The summed E-state index contributed by atoms with van der Waals surface area (Å²) in [5.41, 5.74) is 7.40. The van der Waals surface area contributed by atoms with Gasteiger partial charge in [0.1, 0.15) is 5.76 Å². The van der Waals surface area contributed by atoms with E-state index in [0.717, 1.165) is 17.0 Å². The number of aromatic nitrogens is 3. The highest BCUT2D eigenvalue weighted by Crippen LogP contribution is 2.19. The molecule has 0 aromatic carbocycles. The number of hydrogen-bond acceptors (Lipinski definition) is 4. The van der Waals surface area contributed by atoms with Crippen molar-refractivity contribution >= 4 is 5.65 Å². The van der Waals surface area contributed by atoms with Crippen molar-refractivity contribution in [1.82, 2.24) is 14.6 Å². The zero-order chi connectivity index (χ0) is 11.8. The zero-order valence-corrected chi connectivity index (χ0v) is 9.42. The van der Waals surface area contributed by atoms with E-state index < -0.39 is 0 Å². The maximum Gasteiger partial charge on any atom is 0.217 e. The van der Waals surface area contributed by atoms with Gasteiger partial charge >= 0.3 is 0 Å². The number of hydrogen-bond donors (Lipinski definition) is 1. The van der Waals surface area contributed by atoms with Crippen LogP contribution in [0.1, 0.15) is 11.3 Å². The van der Waals surface area contributed by atoms with Gasteiger partial charge in [0.2, 0.25) is 5.82 Å². The van der Waals surface area contributed by atoms with Gasteiger partial charge in [0.15, 0.2) is 11.4 Å². The number of aryl methyl sites for hydroxylation is 1. The molecule has 0 unspecified atom stereocenters. The van der Waals surface area contributed by atoms with Crippen molar-refractivity contribution < 1.29 is 4.42 Å². The molecule has 3 aromatic rings. The van der Waals surface area contributed by atoms with Crippen molar-refractivity contribution in [2.24, 2.45) is 5.73 Å². The van der Waals surface area contributed by atoms with Crippen LogP contribution >= 0.6 is 0 Å². The Labute approximate surface area is 97.9 Å². The van der Waals surface area contributed by atoms with E-state index in [1.807, 2.05) is 37.4 Å². The van der Waals surface area contributed by atoms with Crippen LogP contribution in [0.25, 0.3) is 17.2 Å². The molecule has 17 heavy (non-hydrogen) atoms. The molecule has 0 aliphatic heterocycles. The largest absolute Gasteiger partial charge is 0.458 e. The summed E-state index contributed by atoms with van der Waals surface area (Å²) in [5, 5.41) is 4.34. The molecule has 2 N–H and O–H groups in total. The van der Waals surface area contributed by atoms with Gasteiger partial charge in [-0.05, 0) is 36.8 Å². The Bertz CT molecular complexity index is 668. The normalized spacial score (nSPS) is 11.2. The molecule has 5 nitrogen and oxygen atoms in total. The van der Waals surface area contributed by atoms with Gasteiger partial charge in [-0.25, -0.2) is 9.50 Å². The molecule has 3 aromatic heterocycles. The molecule has 3 rings (SSSR count).